The Morgan fingerprint density at radius 1 is 1.47 bits per heavy atom. The van der Waals surface area contributed by atoms with Crippen LogP contribution in [0.1, 0.15) is 18.6 Å². The Balaban J connectivity index is 3.29. The van der Waals surface area contributed by atoms with E-state index in [0.717, 1.165) is 0 Å². The van der Waals surface area contributed by atoms with Crippen LogP contribution in [0.25, 0.3) is 0 Å². The van der Waals surface area contributed by atoms with Crippen molar-refractivity contribution in [2.75, 3.05) is 20.8 Å². The molecule has 0 saturated heterocycles. The van der Waals surface area contributed by atoms with E-state index in [1.807, 2.05) is 0 Å². The first kappa shape index (κ1) is 15.7. The summed E-state index contributed by atoms with van der Waals surface area (Å²) in [6.07, 6.45) is -1.73. The van der Waals surface area contributed by atoms with Gasteiger partial charge >= 0.3 is 5.97 Å². The van der Waals surface area contributed by atoms with E-state index in [1.54, 1.807) is 6.92 Å². The maximum atomic E-state index is 14.1. The maximum absolute atomic E-state index is 14.1. The van der Waals surface area contributed by atoms with Crippen molar-refractivity contribution in [2.45, 2.75) is 13.0 Å². The van der Waals surface area contributed by atoms with Crippen molar-refractivity contribution in [1.82, 2.24) is 0 Å². The molecule has 1 aromatic carbocycles. The van der Waals surface area contributed by atoms with Crippen molar-refractivity contribution in [3.8, 4) is 11.5 Å². The number of hydrogen-bond donors (Lipinski definition) is 1. The second kappa shape index (κ2) is 6.72. The maximum Gasteiger partial charge on any atom is 0.339 e. The molecule has 0 amide bonds. The molecule has 0 spiro atoms. The minimum absolute atomic E-state index is 0.0345. The quantitative estimate of drug-likeness (QED) is 0.835. The molecule has 7 heteroatoms. The lowest BCUT2D eigenvalue weighted by atomic mass is 10.1. The van der Waals surface area contributed by atoms with Gasteiger partial charge in [-0.3, -0.25) is 0 Å². The summed E-state index contributed by atoms with van der Waals surface area (Å²) in [6.45, 7) is 1.68. The van der Waals surface area contributed by atoms with Crippen LogP contribution in [0.4, 0.5) is 4.39 Å². The zero-order valence-electron chi connectivity index (χ0n) is 10.7. The SMILES string of the molecule is CCOC(=O)C(O)c1cc(OC)c(OC)c(Br)c1F. The number of hydrogen-bond acceptors (Lipinski definition) is 5. The van der Waals surface area contributed by atoms with Gasteiger partial charge in [0.25, 0.3) is 0 Å². The van der Waals surface area contributed by atoms with E-state index in [1.165, 1.54) is 20.3 Å². The summed E-state index contributed by atoms with van der Waals surface area (Å²) in [6, 6.07) is 1.19. The molecule has 19 heavy (non-hydrogen) atoms. The first-order valence-corrected chi connectivity index (χ1v) is 6.21. The summed E-state index contributed by atoms with van der Waals surface area (Å²) in [5.74, 6) is -1.41. The van der Waals surface area contributed by atoms with Gasteiger partial charge in [0.1, 0.15) is 5.82 Å². The highest BCUT2D eigenvalue weighted by atomic mass is 79.9. The van der Waals surface area contributed by atoms with Crippen LogP contribution in [0, 0.1) is 5.82 Å². The van der Waals surface area contributed by atoms with Gasteiger partial charge in [0.2, 0.25) is 0 Å². The molecule has 0 fully saturated rings. The van der Waals surface area contributed by atoms with Gasteiger partial charge in [0.15, 0.2) is 17.6 Å². The summed E-state index contributed by atoms with van der Waals surface area (Å²) in [5.41, 5.74) is -0.247. The lowest BCUT2D eigenvalue weighted by Crippen LogP contribution is -2.17. The second-order valence-corrected chi connectivity index (χ2v) is 4.28. The summed E-state index contributed by atoms with van der Waals surface area (Å²) in [4.78, 5) is 11.4. The Kier molecular flexibility index (Phi) is 5.56. The van der Waals surface area contributed by atoms with Crippen LogP contribution in [0.15, 0.2) is 10.5 Å². The summed E-state index contributed by atoms with van der Waals surface area (Å²) < 4.78 is 28.7. The summed E-state index contributed by atoms with van der Waals surface area (Å²) >= 11 is 3.00. The zero-order valence-corrected chi connectivity index (χ0v) is 12.3. The minimum Gasteiger partial charge on any atom is -0.493 e. The molecule has 0 heterocycles. The van der Waals surface area contributed by atoms with E-state index in [9.17, 15) is 14.3 Å². The number of aliphatic hydroxyl groups excluding tert-OH is 1. The first-order valence-electron chi connectivity index (χ1n) is 5.42. The molecule has 0 aliphatic heterocycles. The Bertz CT molecular complexity index is 478. The lowest BCUT2D eigenvalue weighted by molar-refractivity contribution is -0.153. The van der Waals surface area contributed by atoms with Crippen LogP contribution < -0.4 is 9.47 Å². The number of esters is 1. The van der Waals surface area contributed by atoms with E-state index in [4.69, 9.17) is 9.47 Å². The van der Waals surface area contributed by atoms with Crippen LogP contribution in [0.2, 0.25) is 0 Å². The predicted octanol–water partition coefficient (Wildman–Crippen LogP) is 2.20. The van der Waals surface area contributed by atoms with Crippen LogP contribution in [-0.2, 0) is 9.53 Å². The van der Waals surface area contributed by atoms with Gasteiger partial charge in [-0.25, -0.2) is 9.18 Å². The summed E-state index contributed by atoms with van der Waals surface area (Å²) in [7, 11) is 2.71. The number of ether oxygens (including phenoxy) is 3. The van der Waals surface area contributed by atoms with Crippen molar-refractivity contribution in [3.63, 3.8) is 0 Å². The third-order valence-electron chi connectivity index (χ3n) is 2.38. The second-order valence-electron chi connectivity index (χ2n) is 3.48. The Morgan fingerprint density at radius 2 is 2.11 bits per heavy atom. The Labute approximate surface area is 118 Å². The van der Waals surface area contributed by atoms with E-state index < -0.39 is 17.9 Å². The molecular weight excluding hydrogens is 323 g/mol. The van der Waals surface area contributed by atoms with Gasteiger partial charge < -0.3 is 19.3 Å². The van der Waals surface area contributed by atoms with Crippen molar-refractivity contribution >= 4 is 21.9 Å². The number of rotatable bonds is 5. The molecule has 0 saturated carbocycles. The van der Waals surface area contributed by atoms with E-state index in [-0.39, 0.29) is 28.1 Å². The van der Waals surface area contributed by atoms with E-state index >= 15 is 0 Å². The highest BCUT2D eigenvalue weighted by molar-refractivity contribution is 9.10. The molecular formula is C12H14BrFO5. The highest BCUT2D eigenvalue weighted by Crippen LogP contribution is 2.40. The fraction of sp³-hybridized carbons (Fsp3) is 0.417. The van der Waals surface area contributed by atoms with E-state index in [0.29, 0.717) is 0 Å². The number of carbonyl (C=O) groups is 1. The van der Waals surface area contributed by atoms with Crippen molar-refractivity contribution < 1.29 is 28.5 Å². The molecule has 0 aromatic heterocycles. The van der Waals surface area contributed by atoms with Crippen LogP contribution >= 0.6 is 15.9 Å². The number of halogens is 2. The molecule has 0 bridgehead atoms. The van der Waals surface area contributed by atoms with Gasteiger partial charge in [0, 0.05) is 5.56 Å². The molecule has 1 N–H and O–H groups in total. The normalized spacial score (nSPS) is 11.9. The minimum atomic E-state index is -1.73. The van der Waals surface area contributed by atoms with Crippen molar-refractivity contribution in [1.29, 1.82) is 0 Å². The van der Waals surface area contributed by atoms with Gasteiger partial charge in [-0.05, 0) is 28.9 Å². The third kappa shape index (κ3) is 3.16. The monoisotopic (exact) mass is 336 g/mol. The number of carbonyl (C=O) groups excluding carboxylic acids is 1. The lowest BCUT2D eigenvalue weighted by Gasteiger charge is -2.16. The van der Waals surface area contributed by atoms with Crippen LogP contribution in [-0.4, -0.2) is 31.9 Å². The largest absolute Gasteiger partial charge is 0.493 e. The molecule has 1 aromatic rings. The Hall–Kier alpha value is -1.34. The molecule has 106 valence electrons. The molecule has 0 aliphatic rings. The van der Waals surface area contributed by atoms with Crippen molar-refractivity contribution in [2.24, 2.45) is 0 Å². The summed E-state index contributed by atoms with van der Waals surface area (Å²) in [5, 5.41) is 9.78. The molecule has 1 rings (SSSR count). The molecule has 0 radical (unpaired) electrons. The smallest absolute Gasteiger partial charge is 0.339 e. The standard InChI is InChI=1S/C12H14BrFO5/c1-4-19-12(16)10(15)6-5-7(17-2)11(18-3)8(13)9(6)14/h5,10,15H,4H2,1-3H3. The van der Waals surface area contributed by atoms with Crippen molar-refractivity contribution in [3.05, 3.63) is 21.9 Å². The average Bonchev–Trinajstić information content (AvgIpc) is 2.41. The average molecular weight is 337 g/mol. The molecule has 1 atom stereocenters. The van der Waals surface area contributed by atoms with Gasteiger partial charge in [0.05, 0.1) is 25.3 Å². The number of benzene rings is 1. The molecule has 1 unspecified atom stereocenters. The number of aliphatic hydroxyl groups is 1. The number of methoxy groups -OCH3 is 2. The topological polar surface area (TPSA) is 65.0 Å². The zero-order chi connectivity index (χ0) is 14.6. The third-order valence-corrected chi connectivity index (χ3v) is 3.09. The van der Waals surface area contributed by atoms with E-state index in [2.05, 4.69) is 20.7 Å². The Morgan fingerprint density at radius 3 is 2.58 bits per heavy atom. The highest BCUT2D eigenvalue weighted by Gasteiger charge is 2.27. The molecule has 0 aliphatic carbocycles. The van der Waals surface area contributed by atoms with Gasteiger partial charge in [-0.2, -0.15) is 0 Å². The molecule has 5 nitrogen and oxygen atoms in total. The van der Waals surface area contributed by atoms with Crippen LogP contribution in [0.3, 0.4) is 0 Å². The van der Waals surface area contributed by atoms with Gasteiger partial charge in [-0.1, -0.05) is 0 Å². The van der Waals surface area contributed by atoms with Gasteiger partial charge in [-0.15, -0.1) is 0 Å². The van der Waals surface area contributed by atoms with Crippen LogP contribution in [0.5, 0.6) is 11.5 Å². The first-order chi connectivity index (χ1) is 8.97. The predicted molar refractivity (Wildman–Crippen MR) is 68.8 cm³/mol. The fourth-order valence-corrected chi connectivity index (χ4v) is 2.08. The fourth-order valence-electron chi connectivity index (χ4n) is 1.49.